The highest BCUT2D eigenvalue weighted by Crippen LogP contribution is 2.19. The number of carbonyl (C=O) groups is 2. The van der Waals surface area contributed by atoms with E-state index in [0.717, 1.165) is 0 Å². The van der Waals surface area contributed by atoms with Crippen LogP contribution in [-0.2, 0) is 9.53 Å². The Labute approximate surface area is 110 Å². The first-order valence-electron chi connectivity index (χ1n) is 6.11. The van der Waals surface area contributed by atoms with Gasteiger partial charge in [0.15, 0.2) is 0 Å². The smallest absolute Gasteiger partial charge is 0.308 e. The number of piperidine rings is 1. The quantitative estimate of drug-likeness (QED) is 0.597. The minimum atomic E-state index is -0.671. The second-order valence-corrected chi connectivity index (χ2v) is 4.44. The van der Waals surface area contributed by atoms with Crippen molar-refractivity contribution >= 4 is 11.9 Å². The minimum Gasteiger partial charge on any atom is -0.469 e. The van der Waals surface area contributed by atoms with E-state index < -0.39 is 5.95 Å². The lowest BCUT2D eigenvalue weighted by atomic mass is 9.97. The molecule has 0 aliphatic carbocycles. The molecule has 0 unspecified atom stereocenters. The molecule has 0 bridgehead atoms. The van der Waals surface area contributed by atoms with Crippen LogP contribution in [0.3, 0.4) is 0 Å². The van der Waals surface area contributed by atoms with E-state index in [0.29, 0.717) is 25.9 Å². The first-order chi connectivity index (χ1) is 9.11. The van der Waals surface area contributed by atoms with E-state index in [9.17, 15) is 14.0 Å². The molecule has 0 N–H and O–H groups in total. The summed E-state index contributed by atoms with van der Waals surface area (Å²) in [6.07, 6.45) is 1.13. The van der Waals surface area contributed by atoms with Crippen molar-refractivity contribution in [2.75, 3.05) is 20.2 Å². The van der Waals surface area contributed by atoms with Crippen molar-refractivity contribution in [3.8, 4) is 0 Å². The lowest BCUT2D eigenvalue weighted by Gasteiger charge is -2.30. The van der Waals surface area contributed by atoms with Crippen molar-refractivity contribution in [3.63, 3.8) is 0 Å². The molecule has 1 aromatic rings. The lowest BCUT2D eigenvalue weighted by Crippen LogP contribution is -2.40. The number of hydrogen-bond donors (Lipinski definition) is 0. The van der Waals surface area contributed by atoms with E-state index in [2.05, 4.69) is 9.72 Å². The maximum absolute atomic E-state index is 13.0. The highest BCUT2D eigenvalue weighted by molar-refractivity contribution is 5.92. The van der Waals surface area contributed by atoms with Crippen LogP contribution in [0.15, 0.2) is 18.2 Å². The summed E-state index contributed by atoms with van der Waals surface area (Å²) in [5.74, 6) is -1.37. The second-order valence-electron chi connectivity index (χ2n) is 4.44. The van der Waals surface area contributed by atoms with Gasteiger partial charge < -0.3 is 9.64 Å². The molecule has 0 aromatic carbocycles. The van der Waals surface area contributed by atoms with Crippen molar-refractivity contribution < 1.29 is 18.7 Å². The molecule has 1 saturated heterocycles. The largest absolute Gasteiger partial charge is 0.469 e. The highest BCUT2D eigenvalue weighted by Gasteiger charge is 2.28. The zero-order valence-electron chi connectivity index (χ0n) is 10.6. The molecule has 0 saturated carbocycles. The molecular weight excluding hydrogens is 251 g/mol. The van der Waals surface area contributed by atoms with Crippen LogP contribution in [0.4, 0.5) is 4.39 Å². The molecule has 0 radical (unpaired) electrons. The Kier molecular flexibility index (Phi) is 4.09. The van der Waals surface area contributed by atoms with Gasteiger partial charge in [0.25, 0.3) is 5.91 Å². The minimum absolute atomic E-state index is 0.0940. The molecule has 102 valence electrons. The van der Waals surface area contributed by atoms with Crippen molar-refractivity contribution in [3.05, 3.63) is 29.8 Å². The van der Waals surface area contributed by atoms with Crippen LogP contribution in [-0.4, -0.2) is 42.0 Å². The number of hydrogen-bond acceptors (Lipinski definition) is 4. The molecule has 0 spiro atoms. The van der Waals surface area contributed by atoms with E-state index in [1.807, 2.05) is 0 Å². The number of halogens is 1. The van der Waals surface area contributed by atoms with Gasteiger partial charge in [-0.15, -0.1) is 0 Å². The molecule has 2 heterocycles. The molecule has 5 nitrogen and oxygen atoms in total. The Balaban J connectivity index is 1.98. The van der Waals surface area contributed by atoms with E-state index in [1.165, 1.54) is 25.3 Å². The molecule has 0 atom stereocenters. The molecule has 6 heteroatoms. The third-order valence-corrected chi connectivity index (χ3v) is 3.25. The Morgan fingerprint density at radius 3 is 2.63 bits per heavy atom. The van der Waals surface area contributed by atoms with Crippen molar-refractivity contribution in [1.29, 1.82) is 0 Å². The van der Waals surface area contributed by atoms with Gasteiger partial charge >= 0.3 is 5.97 Å². The van der Waals surface area contributed by atoms with Gasteiger partial charge in [0.2, 0.25) is 5.95 Å². The normalized spacial score (nSPS) is 16.2. The number of carbonyl (C=O) groups excluding carboxylic acids is 2. The van der Waals surface area contributed by atoms with E-state index in [1.54, 1.807) is 4.90 Å². The maximum Gasteiger partial charge on any atom is 0.308 e. The average Bonchev–Trinajstić information content (AvgIpc) is 2.46. The molecule has 1 aliphatic heterocycles. The summed E-state index contributed by atoms with van der Waals surface area (Å²) in [5, 5.41) is 0. The highest BCUT2D eigenvalue weighted by atomic mass is 19.1. The van der Waals surface area contributed by atoms with Gasteiger partial charge in [-0.1, -0.05) is 6.07 Å². The summed E-state index contributed by atoms with van der Waals surface area (Å²) >= 11 is 0. The topological polar surface area (TPSA) is 59.5 Å². The first-order valence-corrected chi connectivity index (χ1v) is 6.11. The maximum atomic E-state index is 13.0. The van der Waals surface area contributed by atoms with Crippen LogP contribution in [0.25, 0.3) is 0 Å². The number of ether oxygens (including phenoxy) is 1. The standard InChI is InChI=1S/C13H15FN2O3/c1-19-13(18)9-5-7-16(8-6-9)12(17)10-3-2-4-11(14)15-10/h2-4,9H,5-8H2,1H3. The molecule has 19 heavy (non-hydrogen) atoms. The van der Waals surface area contributed by atoms with Gasteiger partial charge in [-0.3, -0.25) is 9.59 Å². The van der Waals surface area contributed by atoms with Gasteiger partial charge in [0.05, 0.1) is 13.0 Å². The van der Waals surface area contributed by atoms with Crippen molar-refractivity contribution in [1.82, 2.24) is 9.88 Å². The summed E-state index contributed by atoms with van der Waals surface area (Å²) in [7, 11) is 1.36. The summed E-state index contributed by atoms with van der Waals surface area (Å²) in [5.41, 5.74) is 0.0940. The molecule has 2 rings (SSSR count). The van der Waals surface area contributed by atoms with E-state index in [-0.39, 0.29) is 23.5 Å². The fourth-order valence-electron chi connectivity index (χ4n) is 2.17. The molecule has 1 fully saturated rings. The lowest BCUT2D eigenvalue weighted by molar-refractivity contribution is -0.146. The Hall–Kier alpha value is -1.98. The Morgan fingerprint density at radius 1 is 1.37 bits per heavy atom. The number of pyridine rings is 1. The summed E-state index contributed by atoms with van der Waals surface area (Å²) < 4.78 is 17.6. The van der Waals surface area contributed by atoms with Crippen molar-refractivity contribution in [2.24, 2.45) is 5.92 Å². The average molecular weight is 266 g/mol. The Morgan fingerprint density at radius 2 is 2.05 bits per heavy atom. The van der Waals surface area contributed by atoms with Gasteiger partial charge in [0, 0.05) is 13.1 Å². The number of methoxy groups -OCH3 is 1. The number of esters is 1. The van der Waals surface area contributed by atoms with Gasteiger partial charge in [-0.2, -0.15) is 4.39 Å². The third kappa shape index (κ3) is 3.07. The predicted molar refractivity (Wildman–Crippen MR) is 64.8 cm³/mol. The summed E-state index contributed by atoms with van der Waals surface area (Å²) in [6.45, 7) is 0.910. The van der Waals surface area contributed by atoms with Crippen LogP contribution in [0.1, 0.15) is 23.3 Å². The zero-order chi connectivity index (χ0) is 13.8. The SMILES string of the molecule is COC(=O)C1CCN(C(=O)c2cccc(F)n2)CC1. The van der Waals surface area contributed by atoms with Crippen LogP contribution in [0.2, 0.25) is 0 Å². The number of rotatable bonds is 2. The Bertz CT molecular complexity index is 485. The number of likely N-dealkylation sites (tertiary alicyclic amines) is 1. The van der Waals surface area contributed by atoms with Gasteiger partial charge in [-0.25, -0.2) is 4.98 Å². The summed E-state index contributed by atoms with van der Waals surface area (Å²) in [4.78, 5) is 28.6. The molecule has 1 amide bonds. The van der Waals surface area contributed by atoms with Crippen LogP contribution < -0.4 is 0 Å². The predicted octanol–water partition coefficient (Wildman–Crippen LogP) is 1.25. The molecule has 1 aromatic heterocycles. The molecular formula is C13H15FN2O3. The zero-order valence-corrected chi connectivity index (χ0v) is 10.6. The van der Waals surface area contributed by atoms with Crippen LogP contribution in [0, 0.1) is 11.9 Å². The second kappa shape index (κ2) is 5.77. The molecule has 1 aliphatic rings. The van der Waals surface area contributed by atoms with Gasteiger partial charge in [-0.05, 0) is 25.0 Å². The first kappa shape index (κ1) is 13.5. The fourth-order valence-corrected chi connectivity index (χ4v) is 2.17. The van der Waals surface area contributed by atoms with Crippen LogP contribution >= 0.6 is 0 Å². The van der Waals surface area contributed by atoms with E-state index >= 15 is 0 Å². The number of amides is 1. The summed E-state index contributed by atoms with van der Waals surface area (Å²) in [6, 6.07) is 4.13. The number of nitrogens with zero attached hydrogens (tertiary/aromatic N) is 2. The van der Waals surface area contributed by atoms with Crippen molar-refractivity contribution in [2.45, 2.75) is 12.8 Å². The number of aromatic nitrogens is 1. The van der Waals surface area contributed by atoms with Crippen LogP contribution in [0.5, 0.6) is 0 Å². The third-order valence-electron chi connectivity index (χ3n) is 3.25. The fraction of sp³-hybridized carbons (Fsp3) is 0.462. The van der Waals surface area contributed by atoms with Gasteiger partial charge in [0.1, 0.15) is 5.69 Å². The monoisotopic (exact) mass is 266 g/mol. The van der Waals surface area contributed by atoms with E-state index in [4.69, 9.17) is 0 Å².